The molecule has 0 saturated carbocycles. The summed E-state index contributed by atoms with van der Waals surface area (Å²) in [4.78, 5) is 12.4. The molecule has 3 rings (SSSR count). The molecule has 174 valence electrons. The number of amides is 1. The number of rotatable bonds is 6. The summed E-state index contributed by atoms with van der Waals surface area (Å²) < 4.78 is 87.2. The van der Waals surface area contributed by atoms with E-state index < -0.39 is 44.8 Å². The molecule has 2 aromatic carbocycles. The Hall–Kier alpha value is -2.66. The van der Waals surface area contributed by atoms with E-state index in [2.05, 4.69) is 5.32 Å². The maximum absolute atomic E-state index is 14.0. The molecule has 0 bridgehead atoms. The number of ether oxygens (including phenoxy) is 1. The average Bonchev–Trinajstić information content (AvgIpc) is 2.76. The molecule has 1 fully saturated rings. The topological polar surface area (TPSA) is 75.7 Å². The van der Waals surface area contributed by atoms with Gasteiger partial charge in [0.1, 0.15) is 5.75 Å². The lowest BCUT2D eigenvalue weighted by Gasteiger charge is -2.26. The molecule has 1 N–H and O–H groups in total. The molecule has 0 aliphatic carbocycles. The van der Waals surface area contributed by atoms with Gasteiger partial charge in [0.25, 0.3) is 5.91 Å². The van der Waals surface area contributed by atoms with Gasteiger partial charge in [0.2, 0.25) is 10.0 Å². The second-order valence-corrected chi connectivity index (χ2v) is 9.53. The average molecular weight is 474 g/mol. The Kier molecular flexibility index (Phi) is 7.09. The fourth-order valence-corrected chi connectivity index (χ4v) is 4.85. The van der Waals surface area contributed by atoms with Gasteiger partial charge in [0, 0.05) is 13.1 Å². The highest BCUT2D eigenvalue weighted by Gasteiger charge is 2.28. The molecule has 2 aromatic rings. The van der Waals surface area contributed by atoms with E-state index in [1.54, 1.807) is 13.8 Å². The monoisotopic (exact) mass is 474 g/mol. The van der Waals surface area contributed by atoms with Crippen LogP contribution in [0, 0.1) is 23.3 Å². The van der Waals surface area contributed by atoms with Crippen LogP contribution in [-0.2, 0) is 10.0 Å². The minimum absolute atomic E-state index is 0.0643. The number of sulfonamides is 1. The van der Waals surface area contributed by atoms with Crippen LogP contribution in [0.1, 0.15) is 43.5 Å². The summed E-state index contributed by atoms with van der Waals surface area (Å²) in [5.41, 5.74) is -1.23. The first kappa shape index (κ1) is 24.0. The summed E-state index contributed by atoms with van der Waals surface area (Å²) in [7, 11) is -3.87. The fourth-order valence-electron chi connectivity index (χ4n) is 3.31. The Morgan fingerprint density at radius 1 is 1.00 bits per heavy atom. The van der Waals surface area contributed by atoms with Gasteiger partial charge in [0.05, 0.1) is 22.3 Å². The maximum Gasteiger partial charge on any atom is 0.258 e. The van der Waals surface area contributed by atoms with Crippen molar-refractivity contribution in [3.05, 3.63) is 53.1 Å². The summed E-state index contributed by atoms with van der Waals surface area (Å²) >= 11 is 0. The Morgan fingerprint density at radius 3 is 2.28 bits per heavy atom. The number of carbonyl (C=O) groups excluding carboxylic acids is 1. The summed E-state index contributed by atoms with van der Waals surface area (Å²) in [5, 5.41) is 2.22. The molecule has 1 amide bonds. The van der Waals surface area contributed by atoms with Crippen molar-refractivity contribution in [2.75, 3.05) is 18.4 Å². The predicted octanol–water partition coefficient (Wildman–Crippen LogP) is 4.46. The van der Waals surface area contributed by atoms with Crippen LogP contribution in [0.5, 0.6) is 5.75 Å². The van der Waals surface area contributed by atoms with Crippen molar-refractivity contribution in [1.82, 2.24) is 4.31 Å². The van der Waals surface area contributed by atoms with Crippen LogP contribution >= 0.6 is 0 Å². The van der Waals surface area contributed by atoms with Gasteiger partial charge in [0.15, 0.2) is 23.3 Å². The second-order valence-electron chi connectivity index (χ2n) is 7.59. The minimum atomic E-state index is -3.87. The van der Waals surface area contributed by atoms with E-state index in [-0.39, 0.29) is 28.5 Å². The van der Waals surface area contributed by atoms with E-state index in [4.69, 9.17) is 4.74 Å². The zero-order chi connectivity index (χ0) is 23.6. The fraction of sp³-hybridized carbons (Fsp3) is 0.381. The van der Waals surface area contributed by atoms with Crippen molar-refractivity contribution in [3.8, 4) is 5.75 Å². The molecule has 32 heavy (non-hydrogen) atoms. The van der Waals surface area contributed by atoms with Crippen molar-refractivity contribution in [2.45, 2.75) is 44.1 Å². The highest BCUT2D eigenvalue weighted by molar-refractivity contribution is 7.89. The van der Waals surface area contributed by atoms with Gasteiger partial charge in [-0.3, -0.25) is 4.79 Å². The molecule has 1 saturated heterocycles. The highest BCUT2D eigenvalue weighted by atomic mass is 32.2. The van der Waals surface area contributed by atoms with Gasteiger partial charge in [-0.05, 0) is 51.0 Å². The van der Waals surface area contributed by atoms with Crippen LogP contribution in [0.4, 0.5) is 23.2 Å². The van der Waals surface area contributed by atoms with E-state index >= 15 is 0 Å². The molecule has 6 nitrogen and oxygen atoms in total. The van der Waals surface area contributed by atoms with Crippen LogP contribution in [0.25, 0.3) is 0 Å². The smallest absolute Gasteiger partial charge is 0.258 e. The Bertz CT molecular complexity index is 1130. The van der Waals surface area contributed by atoms with Crippen molar-refractivity contribution in [1.29, 1.82) is 0 Å². The molecular weight excluding hydrogens is 452 g/mol. The number of nitrogens with zero attached hydrogens (tertiary/aromatic N) is 1. The van der Waals surface area contributed by atoms with E-state index in [1.807, 2.05) is 0 Å². The molecule has 0 spiro atoms. The van der Waals surface area contributed by atoms with Gasteiger partial charge in [-0.15, -0.1) is 0 Å². The number of anilines is 1. The quantitative estimate of drug-likeness (QED) is 0.381. The van der Waals surface area contributed by atoms with E-state index in [0.717, 1.165) is 25.3 Å². The van der Waals surface area contributed by atoms with Gasteiger partial charge < -0.3 is 10.1 Å². The molecule has 0 atom stereocenters. The van der Waals surface area contributed by atoms with E-state index in [0.29, 0.717) is 13.1 Å². The van der Waals surface area contributed by atoms with Gasteiger partial charge in [-0.25, -0.2) is 26.0 Å². The molecule has 0 unspecified atom stereocenters. The minimum Gasteiger partial charge on any atom is -0.489 e. The highest BCUT2D eigenvalue weighted by Crippen LogP contribution is 2.32. The molecule has 1 aliphatic rings. The lowest BCUT2D eigenvalue weighted by molar-refractivity contribution is 0.102. The van der Waals surface area contributed by atoms with Crippen molar-refractivity contribution in [2.24, 2.45) is 0 Å². The van der Waals surface area contributed by atoms with E-state index in [1.165, 1.54) is 16.4 Å². The number of hydrogen-bond acceptors (Lipinski definition) is 4. The molecule has 1 aliphatic heterocycles. The van der Waals surface area contributed by atoms with E-state index in [9.17, 15) is 30.8 Å². The normalized spacial score (nSPS) is 15.1. The van der Waals surface area contributed by atoms with Crippen molar-refractivity contribution >= 4 is 21.6 Å². The Labute approximate surface area is 183 Å². The number of hydrogen-bond donors (Lipinski definition) is 1. The lowest BCUT2D eigenvalue weighted by Crippen LogP contribution is -2.35. The number of nitrogens with one attached hydrogen (secondary N) is 1. The molecule has 0 radical (unpaired) electrons. The first-order valence-corrected chi connectivity index (χ1v) is 11.4. The van der Waals surface area contributed by atoms with Crippen molar-refractivity contribution < 1.29 is 35.5 Å². The zero-order valence-electron chi connectivity index (χ0n) is 17.4. The van der Waals surface area contributed by atoms with Crippen LogP contribution in [-0.4, -0.2) is 37.8 Å². The number of benzene rings is 2. The summed E-state index contributed by atoms with van der Waals surface area (Å²) in [6, 6.07) is 4.00. The Balaban J connectivity index is 2.00. The molecule has 1 heterocycles. The number of carbonyl (C=O) groups is 1. The molecule has 0 aromatic heterocycles. The summed E-state index contributed by atoms with van der Waals surface area (Å²) in [6.07, 6.45) is 1.99. The van der Waals surface area contributed by atoms with Crippen LogP contribution in [0.15, 0.2) is 29.2 Å². The van der Waals surface area contributed by atoms with Crippen LogP contribution in [0.2, 0.25) is 0 Å². The summed E-state index contributed by atoms with van der Waals surface area (Å²) in [5.74, 6) is -9.03. The van der Waals surface area contributed by atoms with Gasteiger partial charge in [-0.2, -0.15) is 4.31 Å². The third-order valence-corrected chi connectivity index (χ3v) is 6.76. The van der Waals surface area contributed by atoms with Gasteiger partial charge in [-0.1, -0.05) is 6.42 Å². The first-order valence-electron chi connectivity index (χ1n) is 9.97. The third-order valence-electron chi connectivity index (χ3n) is 4.86. The van der Waals surface area contributed by atoms with Crippen molar-refractivity contribution in [3.63, 3.8) is 0 Å². The maximum atomic E-state index is 14.0. The molecular formula is C21H22F4N2O4S. The zero-order valence-corrected chi connectivity index (χ0v) is 18.2. The lowest BCUT2D eigenvalue weighted by atomic mass is 10.1. The number of piperidine rings is 1. The van der Waals surface area contributed by atoms with Gasteiger partial charge >= 0.3 is 0 Å². The van der Waals surface area contributed by atoms with Crippen LogP contribution < -0.4 is 10.1 Å². The molecule has 11 heteroatoms. The predicted molar refractivity (Wildman–Crippen MR) is 109 cm³/mol. The van der Waals surface area contributed by atoms with Crippen LogP contribution in [0.3, 0.4) is 0 Å². The SMILES string of the molecule is CC(C)Oc1ccc(S(=O)(=O)N2CCCCC2)cc1NC(=O)c1cc(F)c(F)c(F)c1F. The number of halogens is 4. The first-order chi connectivity index (χ1) is 15.0. The third kappa shape index (κ3) is 4.88. The standard InChI is InChI=1S/C21H22F4N2O4S/c1-12(2)31-17-7-6-13(32(29,30)27-8-4-3-5-9-27)10-16(17)26-21(28)14-11-15(22)19(24)20(25)18(14)23/h6-7,10-12H,3-5,8-9H2,1-2H3,(H,26,28). The summed E-state index contributed by atoms with van der Waals surface area (Å²) in [6.45, 7) is 4.09. The Morgan fingerprint density at radius 2 is 1.66 bits per heavy atom. The largest absolute Gasteiger partial charge is 0.489 e. The second kappa shape index (κ2) is 9.45.